The van der Waals surface area contributed by atoms with Gasteiger partial charge in [-0.05, 0) is 116 Å². The minimum absolute atomic E-state index is 0.0260. The van der Waals surface area contributed by atoms with Gasteiger partial charge in [0.1, 0.15) is 24.4 Å². The Balaban J connectivity index is 1.36. The number of hydrogen-bond donors (Lipinski definition) is 8. The van der Waals surface area contributed by atoms with Crippen LogP contribution >= 0.6 is 0 Å². The van der Waals surface area contributed by atoms with E-state index in [1.807, 2.05) is 13.0 Å². The predicted octanol–water partition coefficient (Wildman–Crippen LogP) is 2.27. The van der Waals surface area contributed by atoms with Crippen LogP contribution < -0.4 is 0 Å². The zero-order valence-corrected chi connectivity index (χ0v) is 28.8. The second-order valence-electron chi connectivity index (χ2n) is 17.2. The quantitative estimate of drug-likeness (QED) is 0.136. The first-order valence-corrected chi connectivity index (χ1v) is 17.7. The molecule has 0 spiro atoms. The number of rotatable bonds is 9. The van der Waals surface area contributed by atoms with Crippen LogP contribution in [0.25, 0.3) is 0 Å². The standard InChI is InChI=1S/C36H62O10/c1-32(2)24-10-15-34(4)25(33(24,3)13-11-26(32)46-31-30(43)29(42)28(41)23(19-39)45-31)16-22(40)27-21(9-14-35(27,34)5)36(6,44)12-7-8-20(17-37)18-38/h8,21-31,37-44H,7,9-19H2,1-6H3/t21-,22+,23+,24-,25+,26-,27-,28+,29-,30+,31-,33-,34+,35+,36-/m0/s1. The van der Waals surface area contributed by atoms with Crippen molar-refractivity contribution in [2.45, 2.75) is 148 Å². The first-order chi connectivity index (χ1) is 21.4. The molecule has 5 fully saturated rings. The van der Waals surface area contributed by atoms with E-state index in [1.165, 1.54) is 0 Å². The molecule has 8 N–H and O–H groups in total. The summed E-state index contributed by atoms with van der Waals surface area (Å²) < 4.78 is 12.2. The van der Waals surface area contributed by atoms with E-state index in [4.69, 9.17) is 9.47 Å². The lowest BCUT2D eigenvalue weighted by Gasteiger charge is -2.70. The topological polar surface area (TPSA) is 180 Å². The molecule has 0 bridgehead atoms. The lowest BCUT2D eigenvalue weighted by atomic mass is 9.35. The fraction of sp³-hybridized carbons (Fsp3) is 0.944. The number of aliphatic hydroxyl groups is 8. The fourth-order valence-electron chi connectivity index (χ4n) is 11.9. The van der Waals surface area contributed by atoms with Crippen molar-refractivity contribution >= 4 is 0 Å². The van der Waals surface area contributed by atoms with Crippen molar-refractivity contribution in [1.29, 1.82) is 0 Å². The second kappa shape index (κ2) is 12.9. The van der Waals surface area contributed by atoms with E-state index in [-0.39, 0.29) is 64.6 Å². The summed E-state index contributed by atoms with van der Waals surface area (Å²) in [7, 11) is 0. The Labute approximate surface area is 274 Å². The molecular formula is C36H62O10. The van der Waals surface area contributed by atoms with Crippen molar-refractivity contribution in [3.63, 3.8) is 0 Å². The van der Waals surface area contributed by atoms with Gasteiger partial charge in [0.05, 0.1) is 37.6 Å². The summed E-state index contributed by atoms with van der Waals surface area (Å²) >= 11 is 0. The Kier molecular flexibility index (Phi) is 10.3. The van der Waals surface area contributed by atoms with Crippen LogP contribution in [0.1, 0.15) is 99.3 Å². The maximum atomic E-state index is 12.0. The van der Waals surface area contributed by atoms with Crippen molar-refractivity contribution in [3.05, 3.63) is 11.6 Å². The molecule has 46 heavy (non-hydrogen) atoms. The lowest BCUT2D eigenvalue weighted by molar-refractivity contribution is -0.332. The summed E-state index contributed by atoms with van der Waals surface area (Å²) in [4.78, 5) is 0. The molecule has 5 rings (SSSR count). The van der Waals surface area contributed by atoms with Crippen LogP contribution in [0.3, 0.4) is 0 Å². The van der Waals surface area contributed by atoms with Gasteiger partial charge in [-0.3, -0.25) is 0 Å². The molecule has 1 heterocycles. The average molecular weight is 655 g/mol. The van der Waals surface area contributed by atoms with E-state index >= 15 is 0 Å². The third-order valence-corrected chi connectivity index (χ3v) is 14.8. The molecule has 4 saturated carbocycles. The molecule has 4 aliphatic carbocycles. The molecule has 266 valence electrons. The summed E-state index contributed by atoms with van der Waals surface area (Å²) in [6.45, 7) is 12.6. The maximum absolute atomic E-state index is 12.0. The van der Waals surface area contributed by atoms with Crippen LogP contribution in [0.15, 0.2) is 11.6 Å². The highest BCUT2D eigenvalue weighted by atomic mass is 16.7. The molecule has 0 aromatic rings. The van der Waals surface area contributed by atoms with Crippen molar-refractivity contribution in [3.8, 4) is 0 Å². The molecule has 1 saturated heterocycles. The van der Waals surface area contributed by atoms with E-state index in [2.05, 4.69) is 34.6 Å². The van der Waals surface area contributed by atoms with Crippen molar-refractivity contribution in [2.75, 3.05) is 19.8 Å². The Morgan fingerprint density at radius 2 is 1.50 bits per heavy atom. The highest BCUT2D eigenvalue weighted by Gasteiger charge is 2.71. The third kappa shape index (κ3) is 5.64. The zero-order valence-electron chi connectivity index (χ0n) is 28.8. The molecule has 1 aliphatic heterocycles. The molecule has 0 aromatic heterocycles. The molecule has 0 unspecified atom stereocenters. The third-order valence-electron chi connectivity index (χ3n) is 14.8. The monoisotopic (exact) mass is 654 g/mol. The van der Waals surface area contributed by atoms with Gasteiger partial charge in [-0.25, -0.2) is 0 Å². The molecule has 0 aromatic carbocycles. The Morgan fingerprint density at radius 1 is 0.848 bits per heavy atom. The molecular weight excluding hydrogens is 592 g/mol. The van der Waals surface area contributed by atoms with Crippen LogP contribution in [-0.4, -0.2) is 109 Å². The number of hydrogen-bond acceptors (Lipinski definition) is 10. The number of ether oxygens (including phenoxy) is 2. The van der Waals surface area contributed by atoms with Crippen LogP contribution in [0, 0.1) is 45.3 Å². The van der Waals surface area contributed by atoms with Gasteiger partial charge in [0.25, 0.3) is 0 Å². The summed E-state index contributed by atoms with van der Waals surface area (Å²) in [6.07, 6.45) is 1.62. The second-order valence-corrected chi connectivity index (χ2v) is 17.2. The summed E-state index contributed by atoms with van der Waals surface area (Å²) in [5.41, 5.74) is -0.995. The van der Waals surface area contributed by atoms with E-state index in [0.29, 0.717) is 31.3 Å². The highest BCUT2D eigenvalue weighted by molar-refractivity contribution is 5.20. The average Bonchev–Trinajstić information content (AvgIpc) is 3.39. The van der Waals surface area contributed by atoms with Gasteiger partial charge in [-0.1, -0.05) is 40.7 Å². The van der Waals surface area contributed by atoms with Gasteiger partial charge >= 0.3 is 0 Å². The van der Waals surface area contributed by atoms with E-state index < -0.39 is 49.0 Å². The van der Waals surface area contributed by atoms with Crippen LogP contribution in [0.4, 0.5) is 0 Å². The first kappa shape index (κ1) is 36.6. The van der Waals surface area contributed by atoms with E-state index in [9.17, 15) is 40.9 Å². The largest absolute Gasteiger partial charge is 0.394 e. The summed E-state index contributed by atoms with van der Waals surface area (Å²) in [6, 6.07) is 0. The van der Waals surface area contributed by atoms with Gasteiger partial charge in [-0.2, -0.15) is 0 Å². The summed E-state index contributed by atoms with van der Waals surface area (Å²) in [5, 5.41) is 83.7. The number of fused-ring (bicyclic) bond motifs is 5. The minimum atomic E-state index is -1.48. The molecule has 0 amide bonds. The van der Waals surface area contributed by atoms with Crippen molar-refractivity contribution in [1.82, 2.24) is 0 Å². The Morgan fingerprint density at radius 3 is 2.13 bits per heavy atom. The molecule has 15 atom stereocenters. The van der Waals surface area contributed by atoms with E-state index in [1.54, 1.807) is 0 Å². The SMILES string of the molecule is CC1(C)[C@@H](O[C@@H]2O[C@H](CO)[C@@H](O)[C@H](O)[C@H]2O)CC[C@]2(C)[C@H]3C[C@@H](O)[C@@H]4[C@@H]([C@@](C)(O)CCC=C(CO)CO)CC[C@@]4(C)[C@]3(C)CC[C@@H]12. The number of allylic oxidation sites excluding steroid dienone is 1. The van der Waals surface area contributed by atoms with Crippen LogP contribution in [0.2, 0.25) is 0 Å². The molecule has 10 nitrogen and oxygen atoms in total. The molecule has 5 aliphatic rings. The van der Waals surface area contributed by atoms with Gasteiger partial charge in [0, 0.05) is 0 Å². The van der Waals surface area contributed by atoms with Crippen molar-refractivity contribution < 1.29 is 50.3 Å². The zero-order chi connectivity index (χ0) is 34.0. The van der Waals surface area contributed by atoms with Crippen molar-refractivity contribution in [2.24, 2.45) is 45.3 Å². The molecule has 0 radical (unpaired) electrons. The predicted molar refractivity (Wildman–Crippen MR) is 171 cm³/mol. The summed E-state index contributed by atoms with van der Waals surface area (Å²) in [5.74, 6) is 0.469. The van der Waals surface area contributed by atoms with Crippen LogP contribution in [-0.2, 0) is 9.47 Å². The fourth-order valence-corrected chi connectivity index (χ4v) is 11.9. The Hall–Kier alpha value is -0.660. The maximum Gasteiger partial charge on any atom is 0.186 e. The minimum Gasteiger partial charge on any atom is -0.394 e. The van der Waals surface area contributed by atoms with Gasteiger partial charge < -0.3 is 50.3 Å². The molecule has 10 heteroatoms. The van der Waals surface area contributed by atoms with Gasteiger partial charge in [0.2, 0.25) is 0 Å². The van der Waals surface area contributed by atoms with Gasteiger partial charge in [0.15, 0.2) is 6.29 Å². The number of aliphatic hydroxyl groups excluding tert-OH is 7. The lowest BCUT2D eigenvalue weighted by Crippen LogP contribution is -2.67. The normalized spacial score (nSPS) is 49.7. The van der Waals surface area contributed by atoms with E-state index in [0.717, 1.165) is 32.1 Å². The smallest absolute Gasteiger partial charge is 0.186 e. The van der Waals surface area contributed by atoms with Crippen LogP contribution in [0.5, 0.6) is 0 Å². The first-order valence-electron chi connectivity index (χ1n) is 17.7. The van der Waals surface area contributed by atoms with Gasteiger partial charge in [-0.15, -0.1) is 0 Å². The highest BCUT2D eigenvalue weighted by Crippen LogP contribution is 2.76. The Bertz CT molecular complexity index is 1100.